The molecule has 0 radical (unpaired) electrons. The molecule has 0 fully saturated rings. The van der Waals surface area contributed by atoms with E-state index in [4.69, 9.17) is 4.74 Å². The molecule has 12 heavy (non-hydrogen) atoms. The Kier molecular flexibility index (Phi) is 7.63. The summed E-state index contributed by atoms with van der Waals surface area (Å²) in [6.07, 6.45) is 3.10. The van der Waals surface area contributed by atoms with Gasteiger partial charge in [0.25, 0.3) is 0 Å². The minimum atomic E-state index is -0.330. The molecule has 0 aliphatic rings. The zero-order chi connectivity index (χ0) is 9.23. The quantitative estimate of drug-likeness (QED) is 0.347. The van der Waals surface area contributed by atoms with E-state index in [2.05, 4.69) is 10.1 Å². The van der Waals surface area contributed by atoms with E-state index in [1.54, 1.807) is 13.2 Å². The maximum absolute atomic E-state index is 10.5. The summed E-state index contributed by atoms with van der Waals surface area (Å²) >= 11 is 0. The number of carbonyl (C=O) groups excluding carboxylic acids is 1. The van der Waals surface area contributed by atoms with Gasteiger partial charge in [-0.2, -0.15) is 0 Å². The van der Waals surface area contributed by atoms with Gasteiger partial charge in [-0.3, -0.25) is 0 Å². The number of ether oxygens (including phenoxy) is 2. The van der Waals surface area contributed by atoms with Crippen molar-refractivity contribution in [2.45, 2.75) is 0 Å². The Morgan fingerprint density at radius 1 is 1.50 bits per heavy atom. The van der Waals surface area contributed by atoms with Gasteiger partial charge in [-0.15, -0.1) is 0 Å². The molecule has 0 saturated heterocycles. The molecule has 0 aliphatic heterocycles. The topological polar surface area (TPSA) is 47.6 Å². The second-order valence-electron chi connectivity index (χ2n) is 2.12. The lowest BCUT2D eigenvalue weighted by molar-refractivity contribution is -0.134. The fraction of sp³-hybridized carbons (Fsp3) is 0.625. The van der Waals surface area contributed by atoms with Crippen LogP contribution in [0.2, 0.25) is 0 Å². The summed E-state index contributed by atoms with van der Waals surface area (Å²) in [6, 6.07) is 0. The van der Waals surface area contributed by atoms with Gasteiger partial charge in [0, 0.05) is 26.3 Å². The number of hydrogen-bond donors (Lipinski definition) is 1. The van der Waals surface area contributed by atoms with Crippen LogP contribution in [0, 0.1) is 0 Å². The van der Waals surface area contributed by atoms with Crippen molar-refractivity contribution in [3.63, 3.8) is 0 Å². The molecule has 0 unspecified atom stereocenters. The third-order valence-corrected chi connectivity index (χ3v) is 1.20. The number of hydrogen-bond acceptors (Lipinski definition) is 4. The lowest BCUT2D eigenvalue weighted by atomic mass is 10.5. The van der Waals surface area contributed by atoms with Crippen molar-refractivity contribution in [1.82, 2.24) is 5.32 Å². The van der Waals surface area contributed by atoms with Crippen molar-refractivity contribution in [2.75, 3.05) is 33.9 Å². The van der Waals surface area contributed by atoms with Crippen LogP contribution in [-0.4, -0.2) is 39.9 Å². The number of nitrogens with one attached hydrogen (secondary N) is 1. The summed E-state index contributed by atoms with van der Waals surface area (Å²) in [5.41, 5.74) is 0. The first kappa shape index (κ1) is 11.1. The Bertz CT molecular complexity index is 145. The molecule has 4 nitrogen and oxygen atoms in total. The minimum absolute atomic E-state index is 0.330. The average molecular weight is 173 g/mol. The highest BCUT2D eigenvalue weighted by Crippen LogP contribution is 1.76. The zero-order valence-corrected chi connectivity index (χ0v) is 7.50. The van der Waals surface area contributed by atoms with Crippen molar-refractivity contribution in [2.24, 2.45) is 0 Å². The predicted molar refractivity (Wildman–Crippen MR) is 45.9 cm³/mol. The van der Waals surface area contributed by atoms with Crippen LogP contribution in [-0.2, 0) is 14.3 Å². The summed E-state index contributed by atoms with van der Waals surface area (Å²) in [4.78, 5) is 10.5. The van der Waals surface area contributed by atoms with Crippen LogP contribution in [0.15, 0.2) is 12.2 Å². The standard InChI is InChI=1S/C8H15NO3/c1-11-7-6-9-5-3-4-8(10)12-2/h3-4,9H,5-7H2,1-2H3/b4-3+. The molecule has 1 N–H and O–H groups in total. The highest BCUT2D eigenvalue weighted by Gasteiger charge is 1.88. The first-order valence-electron chi connectivity index (χ1n) is 3.75. The van der Waals surface area contributed by atoms with Crippen LogP contribution in [0.4, 0.5) is 0 Å². The van der Waals surface area contributed by atoms with Crippen molar-refractivity contribution in [1.29, 1.82) is 0 Å². The van der Waals surface area contributed by atoms with Gasteiger partial charge in [0.1, 0.15) is 0 Å². The summed E-state index contributed by atoms with van der Waals surface area (Å²) in [5.74, 6) is -0.330. The molecular weight excluding hydrogens is 158 g/mol. The van der Waals surface area contributed by atoms with Crippen LogP contribution in [0.5, 0.6) is 0 Å². The average Bonchev–Trinajstić information content (AvgIpc) is 2.10. The molecule has 0 aromatic carbocycles. The fourth-order valence-electron chi connectivity index (χ4n) is 0.583. The third kappa shape index (κ3) is 7.24. The van der Waals surface area contributed by atoms with Gasteiger partial charge in [0.05, 0.1) is 13.7 Å². The van der Waals surface area contributed by atoms with Gasteiger partial charge < -0.3 is 14.8 Å². The molecule has 0 aliphatic carbocycles. The monoisotopic (exact) mass is 173 g/mol. The van der Waals surface area contributed by atoms with E-state index in [9.17, 15) is 4.79 Å². The zero-order valence-electron chi connectivity index (χ0n) is 7.50. The van der Waals surface area contributed by atoms with Crippen molar-refractivity contribution in [3.05, 3.63) is 12.2 Å². The van der Waals surface area contributed by atoms with E-state index in [1.807, 2.05) is 0 Å². The summed E-state index contributed by atoms with van der Waals surface area (Å²) < 4.78 is 9.21. The summed E-state index contributed by atoms with van der Waals surface area (Å²) in [5, 5.41) is 3.05. The largest absolute Gasteiger partial charge is 0.466 e. The Morgan fingerprint density at radius 2 is 2.25 bits per heavy atom. The van der Waals surface area contributed by atoms with Crippen LogP contribution >= 0.6 is 0 Å². The molecule has 0 spiro atoms. The third-order valence-electron chi connectivity index (χ3n) is 1.20. The Hall–Kier alpha value is -0.870. The SMILES string of the molecule is COCCNC/C=C/C(=O)OC. The maximum atomic E-state index is 10.5. The molecule has 0 rings (SSSR count). The van der Waals surface area contributed by atoms with Crippen molar-refractivity contribution in [3.8, 4) is 0 Å². The molecule has 70 valence electrons. The van der Waals surface area contributed by atoms with E-state index >= 15 is 0 Å². The Balaban J connectivity index is 3.18. The van der Waals surface area contributed by atoms with Gasteiger partial charge >= 0.3 is 5.97 Å². The fourth-order valence-corrected chi connectivity index (χ4v) is 0.583. The minimum Gasteiger partial charge on any atom is -0.466 e. The molecular formula is C8H15NO3. The molecule has 0 amide bonds. The predicted octanol–water partition coefficient (Wildman–Crippen LogP) is -0.0484. The van der Waals surface area contributed by atoms with Crippen molar-refractivity contribution >= 4 is 5.97 Å². The first-order chi connectivity index (χ1) is 5.81. The Morgan fingerprint density at radius 3 is 2.83 bits per heavy atom. The van der Waals surface area contributed by atoms with Crippen LogP contribution in [0.1, 0.15) is 0 Å². The highest BCUT2D eigenvalue weighted by molar-refractivity contribution is 5.81. The molecule has 0 heterocycles. The van der Waals surface area contributed by atoms with E-state index in [0.29, 0.717) is 13.2 Å². The number of rotatable bonds is 6. The molecule has 0 aromatic heterocycles. The van der Waals surface area contributed by atoms with E-state index < -0.39 is 0 Å². The molecule has 4 heteroatoms. The van der Waals surface area contributed by atoms with Gasteiger partial charge in [-0.1, -0.05) is 6.08 Å². The lowest BCUT2D eigenvalue weighted by Gasteiger charge is -1.98. The second kappa shape index (κ2) is 8.23. The second-order valence-corrected chi connectivity index (χ2v) is 2.12. The van der Waals surface area contributed by atoms with Gasteiger partial charge in [0.2, 0.25) is 0 Å². The van der Waals surface area contributed by atoms with Gasteiger partial charge in [-0.25, -0.2) is 4.79 Å². The first-order valence-corrected chi connectivity index (χ1v) is 3.75. The van der Waals surface area contributed by atoms with E-state index in [1.165, 1.54) is 13.2 Å². The summed E-state index contributed by atoms with van der Waals surface area (Å²) in [6.45, 7) is 2.10. The van der Waals surface area contributed by atoms with E-state index in [0.717, 1.165) is 6.54 Å². The van der Waals surface area contributed by atoms with Crippen molar-refractivity contribution < 1.29 is 14.3 Å². The van der Waals surface area contributed by atoms with Gasteiger partial charge in [-0.05, 0) is 0 Å². The molecule has 0 aromatic rings. The lowest BCUT2D eigenvalue weighted by Crippen LogP contribution is -2.19. The molecule has 0 bridgehead atoms. The number of esters is 1. The summed E-state index contributed by atoms with van der Waals surface area (Å²) in [7, 11) is 3.00. The number of carbonyl (C=O) groups is 1. The molecule has 0 saturated carbocycles. The highest BCUT2D eigenvalue weighted by atomic mass is 16.5. The van der Waals surface area contributed by atoms with Crippen LogP contribution in [0.3, 0.4) is 0 Å². The Labute approximate surface area is 72.5 Å². The smallest absolute Gasteiger partial charge is 0.330 e. The number of methoxy groups -OCH3 is 2. The van der Waals surface area contributed by atoms with E-state index in [-0.39, 0.29) is 5.97 Å². The van der Waals surface area contributed by atoms with Gasteiger partial charge in [0.15, 0.2) is 0 Å². The maximum Gasteiger partial charge on any atom is 0.330 e. The molecule has 0 atom stereocenters. The van der Waals surface area contributed by atoms with Crippen LogP contribution in [0.25, 0.3) is 0 Å². The van der Waals surface area contributed by atoms with Crippen LogP contribution < -0.4 is 5.32 Å². The normalized spacial score (nSPS) is 10.5.